The van der Waals surface area contributed by atoms with Crippen LogP contribution >= 0.6 is 11.3 Å². The molecule has 8 heteroatoms. The van der Waals surface area contributed by atoms with Crippen molar-refractivity contribution >= 4 is 23.2 Å². The van der Waals surface area contributed by atoms with Crippen LogP contribution in [0.4, 0.5) is 0 Å². The summed E-state index contributed by atoms with van der Waals surface area (Å²) in [6.45, 7) is 0.573. The van der Waals surface area contributed by atoms with Crippen molar-refractivity contribution in [3.63, 3.8) is 0 Å². The number of aromatic nitrogens is 1. The molecule has 0 aliphatic heterocycles. The molecule has 31 heavy (non-hydrogen) atoms. The number of para-hydroxylation sites is 1. The first kappa shape index (κ1) is 22.5. The van der Waals surface area contributed by atoms with Crippen LogP contribution < -0.4 is 15.5 Å². The summed E-state index contributed by atoms with van der Waals surface area (Å²) in [4.78, 5) is 28.2. The van der Waals surface area contributed by atoms with E-state index in [0.29, 0.717) is 24.3 Å². The minimum absolute atomic E-state index is 0.132. The zero-order chi connectivity index (χ0) is 21.9. The summed E-state index contributed by atoms with van der Waals surface area (Å²) in [5.74, 6) is 1.01. The first-order valence-electron chi connectivity index (χ1n) is 10.2. The summed E-state index contributed by atoms with van der Waals surface area (Å²) in [6, 6.07) is 17.2. The molecule has 3 N–H and O–H groups in total. The van der Waals surface area contributed by atoms with Gasteiger partial charge in [-0.3, -0.25) is 14.8 Å². The van der Waals surface area contributed by atoms with Crippen LogP contribution in [0.5, 0.6) is 11.5 Å². The smallest absolute Gasteiger partial charge is 0.263 e. The predicted molar refractivity (Wildman–Crippen MR) is 119 cm³/mol. The van der Waals surface area contributed by atoms with E-state index in [4.69, 9.17) is 9.94 Å². The highest BCUT2D eigenvalue weighted by Crippen LogP contribution is 2.28. The molecule has 0 spiro atoms. The second-order valence-electron chi connectivity index (χ2n) is 6.92. The normalized spacial score (nSPS) is 10.5. The molecule has 0 radical (unpaired) electrons. The molecule has 0 saturated carbocycles. The van der Waals surface area contributed by atoms with Crippen molar-refractivity contribution in [2.75, 3.05) is 6.54 Å². The molecule has 0 unspecified atom stereocenters. The molecule has 0 bridgehead atoms. The van der Waals surface area contributed by atoms with Crippen molar-refractivity contribution in [2.24, 2.45) is 0 Å². The van der Waals surface area contributed by atoms with Crippen molar-refractivity contribution in [1.29, 1.82) is 0 Å². The lowest BCUT2D eigenvalue weighted by Crippen LogP contribution is -2.23. The first-order chi connectivity index (χ1) is 15.2. The molecule has 2 aromatic carbocycles. The summed E-state index contributed by atoms with van der Waals surface area (Å²) < 4.78 is 5.80. The van der Waals surface area contributed by atoms with Gasteiger partial charge in [-0.1, -0.05) is 31.0 Å². The van der Waals surface area contributed by atoms with E-state index in [2.05, 4.69) is 10.3 Å². The van der Waals surface area contributed by atoms with Gasteiger partial charge in [-0.2, -0.15) is 0 Å². The van der Waals surface area contributed by atoms with E-state index in [1.807, 2.05) is 54.6 Å². The van der Waals surface area contributed by atoms with Crippen LogP contribution in [0.25, 0.3) is 10.6 Å². The Morgan fingerprint density at radius 3 is 2.39 bits per heavy atom. The largest absolute Gasteiger partial charge is 0.457 e. The molecule has 0 aliphatic carbocycles. The Bertz CT molecular complexity index is 974. The first-order valence-corrected chi connectivity index (χ1v) is 11.0. The number of nitrogens with zero attached hydrogens (tertiary/aromatic N) is 1. The van der Waals surface area contributed by atoms with E-state index in [0.717, 1.165) is 41.3 Å². The van der Waals surface area contributed by atoms with E-state index in [9.17, 15) is 9.59 Å². The highest BCUT2D eigenvalue weighted by atomic mass is 32.1. The number of ether oxygens (including phenoxy) is 1. The summed E-state index contributed by atoms with van der Waals surface area (Å²) in [5.41, 5.74) is 2.55. The van der Waals surface area contributed by atoms with Gasteiger partial charge in [-0.15, -0.1) is 11.3 Å². The highest BCUT2D eigenvalue weighted by molar-refractivity contribution is 7.16. The van der Waals surface area contributed by atoms with Gasteiger partial charge in [-0.25, -0.2) is 10.5 Å². The monoisotopic (exact) mass is 439 g/mol. The standard InChI is InChI=1S/C23H25N3O4S/c27-21(26-29)10-6-1-2-7-15-24-22(28)20-16-25-23(31-20)17-11-13-19(14-12-17)30-18-8-4-3-5-9-18/h3-5,8-9,11-14,16,29H,1-2,6-7,10,15H2,(H,24,28)(H,26,27). The van der Waals surface area contributed by atoms with Gasteiger partial charge in [0.25, 0.3) is 5.91 Å². The van der Waals surface area contributed by atoms with Crippen molar-refractivity contribution in [3.05, 3.63) is 65.7 Å². The number of thiazole rings is 1. The maximum Gasteiger partial charge on any atom is 0.263 e. The van der Waals surface area contributed by atoms with Crippen LogP contribution in [0, 0.1) is 0 Å². The third kappa shape index (κ3) is 7.20. The fourth-order valence-electron chi connectivity index (χ4n) is 2.91. The number of hydrogen-bond donors (Lipinski definition) is 3. The zero-order valence-corrected chi connectivity index (χ0v) is 17.9. The molecule has 1 heterocycles. The lowest BCUT2D eigenvalue weighted by atomic mass is 10.1. The van der Waals surface area contributed by atoms with Gasteiger partial charge in [-0.05, 0) is 49.2 Å². The molecule has 7 nitrogen and oxygen atoms in total. The Hall–Kier alpha value is -3.23. The van der Waals surface area contributed by atoms with Gasteiger partial charge < -0.3 is 10.1 Å². The van der Waals surface area contributed by atoms with E-state index in [-0.39, 0.29) is 11.8 Å². The molecule has 0 aliphatic rings. The van der Waals surface area contributed by atoms with E-state index in [1.165, 1.54) is 11.3 Å². The number of carbonyl (C=O) groups excluding carboxylic acids is 2. The fraction of sp³-hybridized carbons (Fsp3) is 0.261. The number of carbonyl (C=O) groups is 2. The van der Waals surface area contributed by atoms with Gasteiger partial charge in [0.05, 0.1) is 6.20 Å². The Morgan fingerprint density at radius 2 is 1.65 bits per heavy atom. The minimum atomic E-state index is -0.368. The quantitative estimate of drug-likeness (QED) is 0.227. The molecule has 1 aromatic heterocycles. The van der Waals surface area contributed by atoms with E-state index >= 15 is 0 Å². The third-order valence-electron chi connectivity index (χ3n) is 4.55. The maximum absolute atomic E-state index is 12.3. The van der Waals surface area contributed by atoms with Crippen molar-refractivity contribution in [2.45, 2.75) is 32.1 Å². The zero-order valence-electron chi connectivity index (χ0n) is 17.0. The Balaban J connectivity index is 1.43. The van der Waals surface area contributed by atoms with Crippen LogP contribution in [-0.2, 0) is 4.79 Å². The van der Waals surface area contributed by atoms with Gasteiger partial charge in [0.2, 0.25) is 5.91 Å². The molecular weight excluding hydrogens is 414 g/mol. The summed E-state index contributed by atoms with van der Waals surface area (Å²) >= 11 is 1.35. The van der Waals surface area contributed by atoms with E-state index < -0.39 is 0 Å². The van der Waals surface area contributed by atoms with Crippen LogP contribution in [0.2, 0.25) is 0 Å². The molecule has 0 fully saturated rings. The second kappa shape index (κ2) is 11.8. The number of rotatable bonds is 11. The summed E-state index contributed by atoms with van der Waals surface area (Å²) in [6.07, 6.45) is 5.24. The average molecular weight is 440 g/mol. The maximum atomic E-state index is 12.3. The second-order valence-corrected chi connectivity index (χ2v) is 7.95. The van der Waals surface area contributed by atoms with Crippen LogP contribution in [-0.4, -0.2) is 28.6 Å². The number of hydroxylamine groups is 1. The summed E-state index contributed by atoms with van der Waals surface area (Å²) in [5, 5.41) is 12.1. The predicted octanol–water partition coefficient (Wildman–Crippen LogP) is 4.79. The SMILES string of the molecule is O=C(CCCCCCNC(=O)c1cnc(-c2ccc(Oc3ccccc3)cc2)s1)NO. The van der Waals surface area contributed by atoms with Gasteiger partial charge in [0.15, 0.2) is 0 Å². The lowest BCUT2D eigenvalue weighted by Gasteiger charge is -2.05. The van der Waals surface area contributed by atoms with Crippen molar-refractivity contribution < 1.29 is 19.5 Å². The van der Waals surface area contributed by atoms with Crippen LogP contribution in [0.3, 0.4) is 0 Å². The molecule has 162 valence electrons. The number of nitrogens with one attached hydrogen (secondary N) is 2. The highest BCUT2D eigenvalue weighted by Gasteiger charge is 2.11. The van der Waals surface area contributed by atoms with Crippen molar-refractivity contribution in [1.82, 2.24) is 15.8 Å². The van der Waals surface area contributed by atoms with E-state index in [1.54, 1.807) is 11.7 Å². The lowest BCUT2D eigenvalue weighted by molar-refractivity contribution is -0.129. The van der Waals surface area contributed by atoms with Crippen LogP contribution in [0.15, 0.2) is 60.8 Å². The topological polar surface area (TPSA) is 101 Å². The molecule has 3 rings (SSSR count). The molecule has 3 aromatic rings. The third-order valence-corrected chi connectivity index (χ3v) is 5.60. The van der Waals surface area contributed by atoms with Gasteiger partial charge in [0, 0.05) is 18.5 Å². The van der Waals surface area contributed by atoms with Crippen molar-refractivity contribution in [3.8, 4) is 22.1 Å². The molecular formula is C23H25N3O4S. The minimum Gasteiger partial charge on any atom is -0.457 e. The Morgan fingerprint density at radius 1 is 0.935 bits per heavy atom. The molecule has 2 amide bonds. The Kier molecular flexibility index (Phi) is 8.57. The molecule has 0 atom stereocenters. The van der Waals surface area contributed by atoms with Gasteiger partial charge >= 0.3 is 0 Å². The Labute approximate surface area is 185 Å². The number of benzene rings is 2. The number of amides is 2. The number of hydrogen-bond acceptors (Lipinski definition) is 6. The fourth-order valence-corrected chi connectivity index (χ4v) is 3.75. The van der Waals surface area contributed by atoms with Gasteiger partial charge in [0.1, 0.15) is 21.4 Å². The average Bonchev–Trinajstić information content (AvgIpc) is 3.30. The summed E-state index contributed by atoms with van der Waals surface area (Å²) in [7, 11) is 0. The van der Waals surface area contributed by atoms with Crippen LogP contribution in [0.1, 0.15) is 41.8 Å². The molecule has 0 saturated heterocycles. The number of unbranched alkanes of at least 4 members (excludes halogenated alkanes) is 3.